The van der Waals surface area contributed by atoms with Crippen molar-refractivity contribution in [1.29, 1.82) is 0 Å². The van der Waals surface area contributed by atoms with Crippen LogP contribution in [0, 0.1) is 0 Å². The summed E-state index contributed by atoms with van der Waals surface area (Å²) in [6.45, 7) is 5.72. The highest BCUT2D eigenvalue weighted by atomic mass is 19.4. The van der Waals surface area contributed by atoms with E-state index in [9.17, 15) is 13.2 Å². The number of rotatable bonds is 4. The fourth-order valence-corrected chi connectivity index (χ4v) is 1.65. The van der Waals surface area contributed by atoms with E-state index < -0.39 is 18.7 Å². The van der Waals surface area contributed by atoms with Gasteiger partial charge in [-0.2, -0.15) is 13.2 Å². The lowest BCUT2D eigenvalue weighted by Gasteiger charge is -2.22. The molecule has 0 aliphatic rings. The molecule has 19 heavy (non-hydrogen) atoms. The molecule has 0 aliphatic heterocycles. The molecule has 1 aromatic rings. The first kappa shape index (κ1) is 15.8. The molecule has 108 valence electrons. The van der Waals surface area contributed by atoms with E-state index >= 15 is 0 Å². The van der Waals surface area contributed by atoms with Crippen LogP contribution >= 0.6 is 0 Å². The molecule has 1 atom stereocenters. The molecule has 0 spiro atoms. The summed E-state index contributed by atoms with van der Waals surface area (Å²) in [5, 5.41) is 0. The zero-order chi connectivity index (χ0) is 14.7. The Labute approximate surface area is 111 Å². The normalized spacial score (nSPS) is 14.3. The van der Waals surface area contributed by atoms with E-state index in [-0.39, 0.29) is 5.60 Å². The lowest BCUT2D eigenvalue weighted by Crippen LogP contribution is -2.22. The molecule has 0 bridgehead atoms. The molecule has 5 heteroatoms. The van der Waals surface area contributed by atoms with Gasteiger partial charge in [-0.3, -0.25) is 0 Å². The standard InChI is InChI=1S/C14H19F3O2/c1-13(2,3)19-11-7-5-10(6-8-11)12(18-4)9-14(15,16)17/h5-8,12H,9H2,1-4H3. The molecule has 2 nitrogen and oxygen atoms in total. The minimum atomic E-state index is -4.25. The van der Waals surface area contributed by atoms with Crippen molar-refractivity contribution in [1.82, 2.24) is 0 Å². The van der Waals surface area contributed by atoms with Gasteiger partial charge in [0.25, 0.3) is 0 Å². The van der Waals surface area contributed by atoms with Crippen molar-refractivity contribution in [2.75, 3.05) is 7.11 Å². The van der Waals surface area contributed by atoms with Crippen LogP contribution in [0.1, 0.15) is 38.9 Å². The van der Waals surface area contributed by atoms with Crippen molar-refractivity contribution in [2.24, 2.45) is 0 Å². The maximum atomic E-state index is 12.4. The average molecular weight is 276 g/mol. The SMILES string of the molecule is COC(CC(F)(F)F)c1ccc(OC(C)(C)C)cc1. The number of halogens is 3. The zero-order valence-electron chi connectivity index (χ0n) is 11.5. The summed E-state index contributed by atoms with van der Waals surface area (Å²) in [7, 11) is 1.27. The van der Waals surface area contributed by atoms with Crippen LogP contribution in [0.15, 0.2) is 24.3 Å². The van der Waals surface area contributed by atoms with E-state index in [0.29, 0.717) is 11.3 Å². The summed E-state index contributed by atoms with van der Waals surface area (Å²) in [6, 6.07) is 6.51. The van der Waals surface area contributed by atoms with E-state index in [1.165, 1.54) is 7.11 Å². The van der Waals surface area contributed by atoms with Gasteiger partial charge in [0.2, 0.25) is 0 Å². The summed E-state index contributed by atoms with van der Waals surface area (Å²) in [5.74, 6) is 0.623. The van der Waals surface area contributed by atoms with E-state index in [1.54, 1.807) is 24.3 Å². The van der Waals surface area contributed by atoms with Crippen LogP contribution in [0.4, 0.5) is 13.2 Å². The van der Waals surface area contributed by atoms with E-state index in [4.69, 9.17) is 9.47 Å². The molecular weight excluding hydrogens is 257 g/mol. The van der Waals surface area contributed by atoms with E-state index in [0.717, 1.165) is 0 Å². The number of hydrogen-bond donors (Lipinski definition) is 0. The molecule has 0 N–H and O–H groups in total. The molecule has 0 saturated carbocycles. The lowest BCUT2D eigenvalue weighted by molar-refractivity contribution is -0.158. The second-order valence-corrected chi connectivity index (χ2v) is 5.33. The van der Waals surface area contributed by atoms with Gasteiger partial charge in [-0.25, -0.2) is 0 Å². The first-order valence-corrected chi connectivity index (χ1v) is 5.99. The van der Waals surface area contributed by atoms with Crippen molar-refractivity contribution < 1.29 is 22.6 Å². The van der Waals surface area contributed by atoms with Gasteiger partial charge in [0.15, 0.2) is 0 Å². The highest BCUT2D eigenvalue weighted by molar-refractivity contribution is 5.29. The summed E-state index contributed by atoms with van der Waals surface area (Å²) in [5.41, 5.74) is 0.148. The topological polar surface area (TPSA) is 18.5 Å². The Morgan fingerprint density at radius 2 is 1.58 bits per heavy atom. The van der Waals surface area contributed by atoms with Gasteiger partial charge in [-0.1, -0.05) is 12.1 Å². The van der Waals surface area contributed by atoms with E-state index in [2.05, 4.69) is 0 Å². The third-order valence-corrected chi connectivity index (χ3v) is 2.38. The summed E-state index contributed by atoms with van der Waals surface area (Å²) >= 11 is 0. The first-order chi connectivity index (χ1) is 8.61. The zero-order valence-corrected chi connectivity index (χ0v) is 11.5. The lowest BCUT2D eigenvalue weighted by atomic mass is 10.1. The fraction of sp³-hybridized carbons (Fsp3) is 0.571. The van der Waals surface area contributed by atoms with Gasteiger partial charge in [-0.05, 0) is 38.5 Å². The minimum Gasteiger partial charge on any atom is -0.488 e. The van der Waals surface area contributed by atoms with Gasteiger partial charge < -0.3 is 9.47 Å². The summed E-state index contributed by atoms with van der Waals surface area (Å²) in [6.07, 6.45) is -6.23. The predicted octanol–water partition coefficient (Wildman–Crippen LogP) is 4.50. The number of ether oxygens (including phenoxy) is 2. The van der Waals surface area contributed by atoms with Crippen molar-refractivity contribution in [2.45, 2.75) is 45.1 Å². The highest BCUT2D eigenvalue weighted by Gasteiger charge is 2.32. The maximum absolute atomic E-state index is 12.4. The van der Waals surface area contributed by atoms with Gasteiger partial charge in [0.05, 0.1) is 12.5 Å². The second-order valence-electron chi connectivity index (χ2n) is 5.33. The molecule has 0 fully saturated rings. The Morgan fingerprint density at radius 3 is 1.95 bits per heavy atom. The first-order valence-electron chi connectivity index (χ1n) is 5.99. The third-order valence-electron chi connectivity index (χ3n) is 2.38. The van der Waals surface area contributed by atoms with Gasteiger partial charge in [0, 0.05) is 7.11 Å². The van der Waals surface area contributed by atoms with Crippen molar-refractivity contribution >= 4 is 0 Å². The summed E-state index contributed by atoms with van der Waals surface area (Å²) in [4.78, 5) is 0. The maximum Gasteiger partial charge on any atom is 0.391 e. The quantitative estimate of drug-likeness (QED) is 0.806. The monoisotopic (exact) mass is 276 g/mol. The average Bonchev–Trinajstić information content (AvgIpc) is 2.23. The Kier molecular flexibility index (Phi) is 4.85. The molecule has 1 rings (SSSR count). The minimum absolute atomic E-state index is 0.339. The van der Waals surface area contributed by atoms with Gasteiger partial charge >= 0.3 is 6.18 Å². The molecule has 0 radical (unpaired) electrons. The Hall–Kier alpha value is -1.23. The Balaban J connectivity index is 2.79. The van der Waals surface area contributed by atoms with Crippen LogP contribution in [0.3, 0.4) is 0 Å². The van der Waals surface area contributed by atoms with Crippen molar-refractivity contribution in [3.05, 3.63) is 29.8 Å². The molecule has 0 heterocycles. The third kappa shape index (κ3) is 5.96. The molecule has 1 unspecified atom stereocenters. The van der Waals surface area contributed by atoms with Crippen LogP contribution in [-0.2, 0) is 4.74 Å². The molecule has 1 aromatic carbocycles. The van der Waals surface area contributed by atoms with Crippen LogP contribution in [-0.4, -0.2) is 18.9 Å². The van der Waals surface area contributed by atoms with Crippen LogP contribution in [0.25, 0.3) is 0 Å². The van der Waals surface area contributed by atoms with Crippen molar-refractivity contribution in [3.8, 4) is 5.75 Å². The van der Waals surface area contributed by atoms with Crippen LogP contribution in [0.2, 0.25) is 0 Å². The van der Waals surface area contributed by atoms with Gasteiger partial charge in [-0.15, -0.1) is 0 Å². The van der Waals surface area contributed by atoms with Crippen molar-refractivity contribution in [3.63, 3.8) is 0 Å². The number of hydrogen-bond acceptors (Lipinski definition) is 2. The number of alkyl halides is 3. The van der Waals surface area contributed by atoms with Crippen LogP contribution < -0.4 is 4.74 Å². The molecule has 0 saturated heterocycles. The molecule has 0 aromatic heterocycles. The largest absolute Gasteiger partial charge is 0.488 e. The molecule has 0 amide bonds. The smallest absolute Gasteiger partial charge is 0.391 e. The molecular formula is C14H19F3O2. The Morgan fingerprint density at radius 1 is 1.05 bits per heavy atom. The fourth-order valence-electron chi connectivity index (χ4n) is 1.65. The number of methoxy groups -OCH3 is 1. The Bertz CT molecular complexity index is 391. The van der Waals surface area contributed by atoms with Crippen LogP contribution in [0.5, 0.6) is 5.75 Å². The highest BCUT2D eigenvalue weighted by Crippen LogP contribution is 2.32. The van der Waals surface area contributed by atoms with E-state index in [1.807, 2.05) is 20.8 Å². The summed E-state index contributed by atoms with van der Waals surface area (Å²) < 4.78 is 47.6. The molecule has 0 aliphatic carbocycles. The number of benzene rings is 1. The second kappa shape index (κ2) is 5.82. The predicted molar refractivity (Wildman–Crippen MR) is 67.2 cm³/mol. The van der Waals surface area contributed by atoms with Gasteiger partial charge in [0.1, 0.15) is 11.4 Å².